The normalized spacial score (nSPS) is 17.7. The first-order valence-electron chi connectivity index (χ1n) is 8.95. The van der Waals surface area contributed by atoms with E-state index in [1.807, 2.05) is 4.90 Å². The molecule has 1 aromatic heterocycles. The molecule has 1 saturated heterocycles. The SMILES string of the molecule is Cc1c(Cl)cccc1S(=O)(=O)N1CCCc2cnc(N3CCOCC3)nc21. The number of hydrogen-bond acceptors (Lipinski definition) is 6. The summed E-state index contributed by atoms with van der Waals surface area (Å²) in [5.41, 5.74) is 1.40. The first kappa shape index (κ1) is 18.5. The van der Waals surface area contributed by atoms with Crippen molar-refractivity contribution in [2.75, 3.05) is 42.1 Å². The Morgan fingerprint density at radius 2 is 1.96 bits per heavy atom. The van der Waals surface area contributed by atoms with Crippen LogP contribution in [0.2, 0.25) is 5.02 Å². The Morgan fingerprint density at radius 3 is 2.74 bits per heavy atom. The lowest BCUT2D eigenvalue weighted by Gasteiger charge is -2.32. The second-order valence-electron chi connectivity index (χ2n) is 6.66. The largest absolute Gasteiger partial charge is 0.378 e. The van der Waals surface area contributed by atoms with E-state index >= 15 is 0 Å². The van der Waals surface area contributed by atoms with Gasteiger partial charge >= 0.3 is 0 Å². The number of benzene rings is 1. The molecule has 9 heteroatoms. The summed E-state index contributed by atoms with van der Waals surface area (Å²) in [4.78, 5) is 11.3. The van der Waals surface area contributed by atoms with E-state index in [0.717, 1.165) is 18.4 Å². The highest BCUT2D eigenvalue weighted by Crippen LogP contribution is 2.33. The lowest BCUT2D eigenvalue weighted by atomic mass is 10.1. The van der Waals surface area contributed by atoms with E-state index in [1.54, 1.807) is 31.3 Å². The Hall–Kier alpha value is -1.90. The van der Waals surface area contributed by atoms with Crippen LogP contribution in [0.25, 0.3) is 0 Å². The number of ether oxygens (including phenoxy) is 1. The van der Waals surface area contributed by atoms with E-state index in [4.69, 9.17) is 16.3 Å². The van der Waals surface area contributed by atoms with Crippen molar-refractivity contribution in [3.8, 4) is 0 Å². The van der Waals surface area contributed by atoms with Crippen LogP contribution in [-0.4, -0.2) is 51.2 Å². The van der Waals surface area contributed by atoms with Crippen molar-refractivity contribution >= 4 is 33.4 Å². The predicted molar refractivity (Wildman–Crippen MR) is 104 cm³/mol. The van der Waals surface area contributed by atoms with Crippen LogP contribution in [0.15, 0.2) is 29.3 Å². The molecule has 0 amide bonds. The highest BCUT2D eigenvalue weighted by Gasteiger charge is 2.32. The number of rotatable bonds is 3. The fourth-order valence-electron chi connectivity index (χ4n) is 3.44. The Morgan fingerprint density at radius 1 is 1.19 bits per heavy atom. The molecule has 0 bridgehead atoms. The molecule has 27 heavy (non-hydrogen) atoms. The molecule has 4 rings (SSSR count). The second-order valence-corrected chi connectivity index (χ2v) is 8.90. The topological polar surface area (TPSA) is 75.6 Å². The summed E-state index contributed by atoms with van der Waals surface area (Å²) in [6.07, 6.45) is 3.24. The molecule has 0 unspecified atom stereocenters. The second kappa shape index (κ2) is 7.26. The van der Waals surface area contributed by atoms with Crippen molar-refractivity contribution in [2.24, 2.45) is 0 Å². The molecule has 3 heterocycles. The number of aromatic nitrogens is 2. The van der Waals surface area contributed by atoms with Gasteiger partial charge in [-0.2, -0.15) is 4.98 Å². The van der Waals surface area contributed by atoms with Crippen LogP contribution in [0.5, 0.6) is 0 Å². The first-order valence-corrected chi connectivity index (χ1v) is 10.8. The van der Waals surface area contributed by atoms with Crippen LogP contribution in [0.3, 0.4) is 0 Å². The molecule has 1 aromatic carbocycles. The van der Waals surface area contributed by atoms with Crippen molar-refractivity contribution < 1.29 is 13.2 Å². The highest BCUT2D eigenvalue weighted by molar-refractivity contribution is 7.92. The summed E-state index contributed by atoms with van der Waals surface area (Å²) in [6.45, 7) is 4.73. The number of morpholine rings is 1. The van der Waals surface area contributed by atoms with Gasteiger partial charge in [-0.15, -0.1) is 0 Å². The molecule has 2 aliphatic rings. The monoisotopic (exact) mass is 408 g/mol. The number of aryl methyl sites for hydroxylation is 1. The minimum Gasteiger partial charge on any atom is -0.378 e. The fourth-order valence-corrected chi connectivity index (χ4v) is 5.41. The summed E-state index contributed by atoms with van der Waals surface area (Å²) < 4.78 is 33.5. The van der Waals surface area contributed by atoms with Crippen LogP contribution in [0, 0.1) is 6.92 Å². The van der Waals surface area contributed by atoms with Crippen molar-refractivity contribution in [3.63, 3.8) is 0 Å². The third-order valence-electron chi connectivity index (χ3n) is 4.95. The van der Waals surface area contributed by atoms with Gasteiger partial charge in [0.05, 0.1) is 18.1 Å². The lowest BCUT2D eigenvalue weighted by Crippen LogP contribution is -2.39. The Balaban J connectivity index is 1.76. The summed E-state index contributed by atoms with van der Waals surface area (Å²) >= 11 is 6.16. The van der Waals surface area contributed by atoms with Crippen molar-refractivity contribution in [1.29, 1.82) is 0 Å². The molecule has 0 N–H and O–H groups in total. The van der Waals surface area contributed by atoms with Crippen LogP contribution >= 0.6 is 11.6 Å². The molecule has 2 aliphatic heterocycles. The number of halogens is 1. The van der Waals surface area contributed by atoms with E-state index in [2.05, 4.69) is 9.97 Å². The van der Waals surface area contributed by atoms with Crippen LogP contribution < -0.4 is 9.21 Å². The maximum absolute atomic E-state index is 13.4. The quantitative estimate of drug-likeness (QED) is 0.776. The molecule has 0 atom stereocenters. The smallest absolute Gasteiger partial charge is 0.265 e. The number of anilines is 2. The van der Waals surface area contributed by atoms with Crippen LogP contribution in [0.4, 0.5) is 11.8 Å². The molecule has 144 valence electrons. The van der Waals surface area contributed by atoms with Gasteiger partial charge in [0.15, 0.2) is 5.82 Å². The van der Waals surface area contributed by atoms with Crippen molar-refractivity contribution in [1.82, 2.24) is 9.97 Å². The first-order chi connectivity index (χ1) is 13.0. The number of hydrogen-bond donors (Lipinski definition) is 0. The van der Waals surface area contributed by atoms with Gasteiger partial charge in [-0.05, 0) is 37.5 Å². The lowest BCUT2D eigenvalue weighted by molar-refractivity contribution is 0.122. The number of sulfonamides is 1. The van der Waals surface area contributed by atoms with Gasteiger partial charge in [0.25, 0.3) is 10.0 Å². The highest BCUT2D eigenvalue weighted by atomic mass is 35.5. The Bertz CT molecular complexity index is 961. The van der Waals surface area contributed by atoms with Gasteiger partial charge in [0, 0.05) is 36.4 Å². The average molecular weight is 409 g/mol. The summed E-state index contributed by atoms with van der Waals surface area (Å²) in [6, 6.07) is 4.94. The molecule has 0 radical (unpaired) electrons. The Labute approximate surface area is 164 Å². The Kier molecular flexibility index (Phi) is 4.96. The van der Waals surface area contributed by atoms with E-state index in [0.29, 0.717) is 55.2 Å². The number of nitrogens with zero attached hydrogens (tertiary/aromatic N) is 4. The minimum absolute atomic E-state index is 0.217. The zero-order valence-corrected chi connectivity index (χ0v) is 16.6. The van der Waals surface area contributed by atoms with Crippen LogP contribution in [-0.2, 0) is 21.2 Å². The molecule has 0 aliphatic carbocycles. The molecule has 1 fully saturated rings. The molecular weight excluding hydrogens is 388 g/mol. The average Bonchev–Trinajstić information content (AvgIpc) is 2.69. The van der Waals surface area contributed by atoms with E-state index in [-0.39, 0.29) is 4.90 Å². The maximum atomic E-state index is 13.4. The summed E-state index contributed by atoms with van der Waals surface area (Å²) in [5, 5.41) is 0.435. The van der Waals surface area contributed by atoms with Gasteiger partial charge in [0.1, 0.15) is 0 Å². The van der Waals surface area contributed by atoms with Gasteiger partial charge in [-0.3, -0.25) is 0 Å². The fraction of sp³-hybridized carbons (Fsp3) is 0.444. The maximum Gasteiger partial charge on any atom is 0.265 e. The van der Waals surface area contributed by atoms with Gasteiger partial charge in [-0.25, -0.2) is 17.7 Å². The third kappa shape index (κ3) is 3.37. The molecular formula is C18H21ClN4O3S. The van der Waals surface area contributed by atoms with E-state index in [1.165, 1.54) is 4.31 Å². The van der Waals surface area contributed by atoms with E-state index < -0.39 is 10.0 Å². The summed E-state index contributed by atoms with van der Waals surface area (Å²) in [5.74, 6) is 1.01. The van der Waals surface area contributed by atoms with Crippen molar-refractivity contribution in [2.45, 2.75) is 24.7 Å². The third-order valence-corrected chi connectivity index (χ3v) is 7.30. The van der Waals surface area contributed by atoms with Crippen LogP contribution in [0.1, 0.15) is 17.5 Å². The van der Waals surface area contributed by atoms with Crippen molar-refractivity contribution in [3.05, 3.63) is 40.5 Å². The predicted octanol–water partition coefficient (Wildman–Crippen LogP) is 2.42. The zero-order valence-electron chi connectivity index (χ0n) is 15.1. The van der Waals surface area contributed by atoms with E-state index in [9.17, 15) is 8.42 Å². The summed E-state index contributed by atoms with van der Waals surface area (Å²) in [7, 11) is -3.76. The molecule has 0 spiro atoms. The zero-order chi connectivity index (χ0) is 19.0. The minimum atomic E-state index is -3.76. The van der Waals surface area contributed by atoms with Gasteiger partial charge in [0.2, 0.25) is 5.95 Å². The molecule has 7 nitrogen and oxygen atoms in total. The number of fused-ring (bicyclic) bond motifs is 1. The molecule has 0 saturated carbocycles. The van der Waals surface area contributed by atoms with Gasteiger partial charge in [-0.1, -0.05) is 17.7 Å². The standard InChI is InChI=1S/C18H21ClN4O3S/c1-13-15(19)5-2-6-16(13)27(24,25)23-7-3-4-14-12-20-18(21-17(14)23)22-8-10-26-11-9-22/h2,5-6,12H,3-4,7-11H2,1H3. The van der Waals surface area contributed by atoms with Gasteiger partial charge < -0.3 is 9.64 Å². The molecule has 2 aromatic rings.